The molecule has 1 N–H and O–H groups in total. The fourth-order valence-corrected chi connectivity index (χ4v) is 5.14. The van der Waals surface area contributed by atoms with Crippen LogP contribution >= 0.6 is 0 Å². The summed E-state index contributed by atoms with van der Waals surface area (Å²) in [5.41, 5.74) is 4.87. The Kier molecular flexibility index (Phi) is 5.36. The number of nitrogens with zero attached hydrogens (tertiary/aromatic N) is 2. The van der Waals surface area contributed by atoms with Gasteiger partial charge in [0.25, 0.3) is 5.91 Å². The lowest BCUT2D eigenvalue weighted by molar-refractivity contribution is 0.0676. The first kappa shape index (κ1) is 21.2. The van der Waals surface area contributed by atoms with E-state index in [9.17, 15) is 4.79 Å². The molecule has 6 nitrogen and oxygen atoms in total. The van der Waals surface area contributed by atoms with Crippen molar-refractivity contribution in [2.75, 3.05) is 32.6 Å². The lowest BCUT2D eigenvalue weighted by Crippen LogP contribution is -2.51. The number of carbonyl (C=O) groups is 1. The molecule has 1 saturated heterocycles. The van der Waals surface area contributed by atoms with Crippen molar-refractivity contribution < 1.29 is 14.3 Å². The Morgan fingerprint density at radius 3 is 2.67 bits per heavy atom. The van der Waals surface area contributed by atoms with Gasteiger partial charge in [0.1, 0.15) is 11.5 Å². The van der Waals surface area contributed by atoms with Crippen LogP contribution in [-0.2, 0) is 12.0 Å². The summed E-state index contributed by atoms with van der Waals surface area (Å²) in [4.78, 5) is 15.3. The summed E-state index contributed by atoms with van der Waals surface area (Å²) < 4.78 is 13.1. The lowest BCUT2D eigenvalue weighted by atomic mass is 9.82. The van der Waals surface area contributed by atoms with Crippen molar-refractivity contribution >= 4 is 11.6 Å². The van der Waals surface area contributed by atoms with E-state index >= 15 is 0 Å². The summed E-state index contributed by atoms with van der Waals surface area (Å²) in [5, 5.41) is 3.80. The van der Waals surface area contributed by atoms with Gasteiger partial charge in [0.15, 0.2) is 0 Å². The van der Waals surface area contributed by atoms with Gasteiger partial charge >= 0.3 is 0 Å². The van der Waals surface area contributed by atoms with Gasteiger partial charge in [0.05, 0.1) is 31.1 Å². The summed E-state index contributed by atoms with van der Waals surface area (Å²) in [5.74, 6) is 1.67. The maximum Gasteiger partial charge on any atom is 0.253 e. The smallest absolute Gasteiger partial charge is 0.253 e. The van der Waals surface area contributed by atoms with Crippen molar-refractivity contribution in [1.29, 1.82) is 0 Å². The number of anilines is 1. The molecule has 1 amide bonds. The van der Waals surface area contributed by atoms with Crippen LogP contribution in [0.3, 0.4) is 0 Å². The van der Waals surface area contributed by atoms with Crippen LogP contribution in [-0.4, -0.2) is 42.7 Å². The molecule has 6 heteroatoms. The van der Waals surface area contributed by atoms with E-state index in [1.54, 1.807) is 14.2 Å². The fraction of sp³-hybridized carbons (Fsp3) is 0.296. The first-order valence-corrected chi connectivity index (χ1v) is 11.3. The largest absolute Gasteiger partial charge is 0.497 e. The van der Waals surface area contributed by atoms with E-state index < -0.39 is 0 Å². The minimum atomic E-state index is -0.215. The topological polar surface area (TPSA) is 55.7 Å². The van der Waals surface area contributed by atoms with Crippen molar-refractivity contribution in [3.63, 3.8) is 0 Å². The number of hydrogen-bond donors (Lipinski definition) is 1. The Morgan fingerprint density at radius 2 is 1.94 bits per heavy atom. The molecule has 33 heavy (non-hydrogen) atoms. The average Bonchev–Trinajstić information content (AvgIpc) is 3.35. The Balaban J connectivity index is 1.38. The van der Waals surface area contributed by atoms with Crippen LogP contribution in [0.2, 0.25) is 0 Å². The zero-order valence-electron chi connectivity index (χ0n) is 19.1. The number of allylic oxidation sites excluding steroid dienone is 1. The SMILES string of the molecule is C=CCc1cc(C(=O)N2CCC3(CC2)Nc2cc(OC)ccc2-n2cccc23)ccc1OC. The first-order valence-electron chi connectivity index (χ1n) is 11.3. The van der Waals surface area contributed by atoms with E-state index in [1.165, 1.54) is 5.69 Å². The van der Waals surface area contributed by atoms with Gasteiger partial charge in [-0.2, -0.15) is 0 Å². The van der Waals surface area contributed by atoms with Crippen molar-refractivity contribution in [3.05, 3.63) is 84.2 Å². The standard InChI is InChI=1S/C27H29N3O3/c1-4-6-19-17-20(8-11-24(19)33-3)26(31)29-15-12-27(13-16-29)25-7-5-14-30(25)23-10-9-21(32-2)18-22(23)28-27/h4-5,7-11,14,17-18,28H,1,6,12-13,15-16H2,2-3H3. The minimum absolute atomic E-state index is 0.0612. The molecule has 3 heterocycles. The number of carbonyl (C=O) groups excluding carboxylic acids is 1. The molecule has 0 unspecified atom stereocenters. The molecule has 0 aliphatic carbocycles. The molecule has 2 aliphatic rings. The third kappa shape index (κ3) is 3.55. The maximum atomic E-state index is 13.3. The Hall–Kier alpha value is -3.67. The van der Waals surface area contributed by atoms with Crippen LogP contribution < -0.4 is 14.8 Å². The van der Waals surface area contributed by atoms with Gasteiger partial charge in [0.2, 0.25) is 0 Å². The van der Waals surface area contributed by atoms with Crippen molar-refractivity contribution in [2.45, 2.75) is 24.8 Å². The summed E-state index contributed by atoms with van der Waals surface area (Å²) in [6, 6.07) is 16.0. The molecule has 170 valence electrons. The number of aromatic nitrogens is 1. The van der Waals surface area contributed by atoms with Crippen LogP contribution in [0.25, 0.3) is 5.69 Å². The predicted octanol–water partition coefficient (Wildman–Crippen LogP) is 4.78. The molecule has 0 atom stereocenters. The quantitative estimate of drug-likeness (QED) is 0.577. The molecular weight excluding hydrogens is 414 g/mol. The van der Waals surface area contributed by atoms with Crippen LogP contribution in [0.15, 0.2) is 67.4 Å². The Labute approximate surface area is 194 Å². The molecule has 5 rings (SSSR count). The average molecular weight is 444 g/mol. The van der Waals surface area contributed by atoms with Crippen LogP contribution in [0, 0.1) is 0 Å². The van der Waals surface area contributed by atoms with Gasteiger partial charge in [-0.25, -0.2) is 0 Å². The number of fused-ring (bicyclic) bond motifs is 4. The zero-order chi connectivity index (χ0) is 23.0. The molecule has 1 aromatic heterocycles. The number of rotatable bonds is 5. The highest BCUT2D eigenvalue weighted by Crippen LogP contribution is 2.44. The number of amides is 1. The molecule has 2 aromatic carbocycles. The second-order valence-electron chi connectivity index (χ2n) is 8.67. The summed E-state index contributed by atoms with van der Waals surface area (Å²) in [7, 11) is 3.33. The van der Waals surface area contributed by atoms with Crippen LogP contribution in [0.4, 0.5) is 5.69 Å². The van der Waals surface area contributed by atoms with Crippen molar-refractivity contribution in [3.8, 4) is 17.2 Å². The third-order valence-electron chi connectivity index (χ3n) is 6.87. The molecule has 1 spiro atoms. The number of likely N-dealkylation sites (tertiary alicyclic amines) is 1. The van der Waals surface area contributed by atoms with Gasteiger partial charge in [0, 0.05) is 36.6 Å². The van der Waals surface area contributed by atoms with Crippen molar-refractivity contribution in [1.82, 2.24) is 9.47 Å². The van der Waals surface area contributed by atoms with Crippen LogP contribution in [0.1, 0.15) is 34.5 Å². The van der Waals surface area contributed by atoms with E-state index in [-0.39, 0.29) is 11.4 Å². The monoisotopic (exact) mass is 443 g/mol. The molecule has 2 aliphatic heterocycles. The predicted molar refractivity (Wildman–Crippen MR) is 130 cm³/mol. The minimum Gasteiger partial charge on any atom is -0.497 e. The number of benzene rings is 2. The third-order valence-corrected chi connectivity index (χ3v) is 6.87. The Morgan fingerprint density at radius 1 is 1.12 bits per heavy atom. The number of ether oxygens (including phenoxy) is 2. The summed E-state index contributed by atoms with van der Waals surface area (Å²) in [6.45, 7) is 5.18. The normalized spacial score (nSPS) is 15.9. The number of methoxy groups -OCH3 is 2. The molecule has 3 aromatic rings. The van der Waals surface area contributed by atoms with Gasteiger partial charge in [-0.05, 0) is 67.3 Å². The lowest BCUT2D eigenvalue weighted by Gasteiger charge is -2.46. The Bertz CT molecular complexity index is 1210. The molecule has 0 bridgehead atoms. The molecule has 1 fully saturated rings. The fourth-order valence-electron chi connectivity index (χ4n) is 5.14. The maximum absolute atomic E-state index is 13.3. The zero-order valence-corrected chi connectivity index (χ0v) is 19.1. The van der Waals surface area contributed by atoms with Gasteiger partial charge in [-0.3, -0.25) is 4.79 Å². The number of hydrogen-bond acceptors (Lipinski definition) is 4. The molecule has 0 radical (unpaired) electrons. The van der Waals surface area contributed by atoms with Crippen LogP contribution in [0.5, 0.6) is 11.5 Å². The van der Waals surface area contributed by atoms with Gasteiger partial charge in [-0.15, -0.1) is 6.58 Å². The second kappa shape index (κ2) is 8.35. The molecular formula is C27H29N3O3. The molecule has 0 saturated carbocycles. The number of piperidine rings is 1. The highest BCUT2D eigenvalue weighted by atomic mass is 16.5. The summed E-state index contributed by atoms with van der Waals surface area (Å²) in [6.07, 6.45) is 6.26. The second-order valence-corrected chi connectivity index (χ2v) is 8.67. The highest BCUT2D eigenvalue weighted by Gasteiger charge is 2.42. The van der Waals surface area contributed by atoms with Gasteiger partial charge < -0.3 is 24.3 Å². The first-order chi connectivity index (χ1) is 16.1. The highest BCUT2D eigenvalue weighted by molar-refractivity contribution is 5.94. The summed E-state index contributed by atoms with van der Waals surface area (Å²) >= 11 is 0. The van der Waals surface area contributed by atoms with E-state index in [1.807, 2.05) is 35.2 Å². The number of nitrogens with one attached hydrogen (secondary N) is 1. The van der Waals surface area contributed by atoms with E-state index in [0.717, 1.165) is 41.3 Å². The van der Waals surface area contributed by atoms with Gasteiger partial charge in [-0.1, -0.05) is 6.08 Å². The van der Waals surface area contributed by atoms with Crippen molar-refractivity contribution in [2.24, 2.45) is 0 Å². The van der Waals surface area contributed by atoms with E-state index in [0.29, 0.717) is 25.1 Å². The van der Waals surface area contributed by atoms with E-state index in [4.69, 9.17) is 9.47 Å². The van der Waals surface area contributed by atoms with E-state index in [2.05, 4.69) is 46.9 Å².